The molecule has 0 aromatic heterocycles. The molecule has 0 heterocycles. The summed E-state index contributed by atoms with van der Waals surface area (Å²) in [4.78, 5) is 21.1. The van der Waals surface area contributed by atoms with Gasteiger partial charge in [-0.05, 0) is 25.7 Å². The van der Waals surface area contributed by atoms with Gasteiger partial charge in [0.05, 0.1) is 58.8 Å². The molecule has 0 aliphatic heterocycles. The van der Waals surface area contributed by atoms with Crippen molar-refractivity contribution in [1.82, 2.24) is 0 Å². The number of quaternary nitrogens is 2. The van der Waals surface area contributed by atoms with Crippen molar-refractivity contribution in [1.29, 1.82) is 0 Å². The Hall–Kier alpha value is -0.153. The molecule has 0 fully saturated rings. The molecular formula is C24H56N2O8SSi+2. The zero-order chi connectivity index (χ0) is 27.6. The Morgan fingerprint density at radius 3 is 1.78 bits per heavy atom. The summed E-state index contributed by atoms with van der Waals surface area (Å²) in [6, 6.07) is 0.215. The van der Waals surface area contributed by atoms with Crippen molar-refractivity contribution < 1.29 is 46.2 Å². The van der Waals surface area contributed by atoms with Crippen LogP contribution in [0, 0.1) is 0 Å². The van der Waals surface area contributed by atoms with Gasteiger partial charge in [0, 0.05) is 18.9 Å². The summed E-state index contributed by atoms with van der Waals surface area (Å²) in [5.74, 6) is -0.406. The molecule has 12 heteroatoms. The van der Waals surface area contributed by atoms with Gasteiger partial charge in [0.15, 0.2) is 0 Å². The Morgan fingerprint density at radius 2 is 1.25 bits per heavy atom. The zero-order valence-electron chi connectivity index (χ0n) is 23.1. The van der Waals surface area contributed by atoms with E-state index in [1.54, 1.807) is 0 Å². The molecule has 0 radical (unpaired) electrons. The number of nitrogens with zero attached hydrogens (tertiary/aromatic N) is 2. The lowest BCUT2D eigenvalue weighted by atomic mass is 10.1. The summed E-state index contributed by atoms with van der Waals surface area (Å²) in [5, 5.41) is 19.0. The van der Waals surface area contributed by atoms with Crippen LogP contribution in [0.25, 0.3) is 0 Å². The molecule has 1 atom stereocenters. The van der Waals surface area contributed by atoms with Crippen LogP contribution in [0.4, 0.5) is 0 Å². The number of aliphatic hydroxyl groups excluding tert-OH is 2. The monoisotopic (exact) mass is 560 g/mol. The van der Waals surface area contributed by atoms with E-state index in [-0.39, 0.29) is 49.9 Å². The van der Waals surface area contributed by atoms with E-state index in [0.29, 0.717) is 19.5 Å². The van der Waals surface area contributed by atoms with Crippen molar-refractivity contribution in [2.45, 2.75) is 77.7 Å². The average Bonchev–Trinajstić information content (AvgIpc) is 2.76. The van der Waals surface area contributed by atoms with Crippen LogP contribution >= 0.6 is 0 Å². The van der Waals surface area contributed by atoms with Crippen molar-refractivity contribution in [3.63, 3.8) is 0 Å². The number of hydrogen-bond donors (Lipinski definition) is 5. The normalized spacial score (nSPS) is 14.8. The van der Waals surface area contributed by atoms with E-state index >= 15 is 0 Å². The molecular weight excluding hydrogens is 504 g/mol. The second kappa shape index (κ2) is 19.0. The lowest BCUT2D eigenvalue weighted by molar-refractivity contribution is -0.928. The highest BCUT2D eigenvalue weighted by Crippen LogP contribution is 2.17. The number of aliphatic hydroxyl groups is 2. The molecule has 0 aliphatic carbocycles. The molecule has 0 amide bonds. The Balaban J connectivity index is 4.84. The van der Waals surface area contributed by atoms with Gasteiger partial charge < -0.3 is 33.2 Å². The fraction of sp³-hybridized carbons (Fsp3) is 1.00. The molecule has 0 aromatic rings. The third-order valence-electron chi connectivity index (χ3n) is 7.14. The Bertz CT molecular complexity index is 648. The van der Waals surface area contributed by atoms with Crippen LogP contribution < -0.4 is 0 Å². The molecule has 218 valence electrons. The van der Waals surface area contributed by atoms with Crippen molar-refractivity contribution in [3.8, 4) is 0 Å². The first-order valence-electron chi connectivity index (χ1n) is 13.8. The van der Waals surface area contributed by atoms with E-state index < -0.39 is 24.7 Å². The molecule has 0 spiro atoms. The average molecular weight is 561 g/mol. The number of hydrogen-bond acceptors (Lipinski definition) is 7. The second-order valence-corrected chi connectivity index (χ2v) is 14.4. The predicted octanol–water partition coefficient (Wildman–Crippen LogP) is 1.61. The van der Waals surface area contributed by atoms with Gasteiger partial charge in [-0.2, -0.15) is 8.42 Å². The van der Waals surface area contributed by atoms with Crippen molar-refractivity contribution >= 4 is 18.9 Å². The van der Waals surface area contributed by atoms with Crippen LogP contribution in [0.15, 0.2) is 0 Å². The van der Waals surface area contributed by atoms with Crippen molar-refractivity contribution in [2.24, 2.45) is 0 Å². The lowest BCUT2D eigenvalue weighted by Crippen LogP contribution is -2.55. The summed E-state index contributed by atoms with van der Waals surface area (Å²) in [5.41, 5.74) is 0. The lowest BCUT2D eigenvalue weighted by Gasteiger charge is -2.38. The standard InChI is InChI=1S/C24H55N2O8SSi/c1-4-6-8-10-14-25(3,13-9-7-5-2)15-12-24-36(32,33)34-22-19-26(17-20-27,18-21-28)16-11-23-35(29,30)31/h27-28,32-33H,4-24H2,1-3H3/q+1/p+1. The molecule has 10 nitrogen and oxygen atoms in total. The predicted molar refractivity (Wildman–Crippen MR) is 145 cm³/mol. The van der Waals surface area contributed by atoms with Crippen LogP contribution in [-0.4, -0.2) is 129 Å². The summed E-state index contributed by atoms with van der Waals surface area (Å²) < 4.78 is 37.8. The van der Waals surface area contributed by atoms with Crippen LogP contribution in [0.1, 0.15) is 71.6 Å². The van der Waals surface area contributed by atoms with Gasteiger partial charge in [-0.25, -0.2) is 0 Å². The van der Waals surface area contributed by atoms with E-state index in [9.17, 15) is 28.2 Å². The first-order chi connectivity index (χ1) is 16.9. The molecule has 36 heavy (non-hydrogen) atoms. The minimum atomic E-state index is -4.10. The van der Waals surface area contributed by atoms with E-state index in [0.717, 1.165) is 24.1 Å². The molecule has 0 aliphatic rings. The van der Waals surface area contributed by atoms with Gasteiger partial charge in [0.2, 0.25) is 0 Å². The third kappa shape index (κ3) is 18.2. The fourth-order valence-corrected chi connectivity index (χ4v) is 6.52. The fourth-order valence-electron chi connectivity index (χ4n) is 4.84. The molecule has 0 saturated heterocycles. The number of rotatable bonds is 25. The van der Waals surface area contributed by atoms with E-state index in [2.05, 4.69) is 20.9 Å². The van der Waals surface area contributed by atoms with Crippen LogP contribution in [-0.2, 0) is 14.5 Å². The van der Waals surface area contributed by atoms with E-state index in [1.165, 1.54) is 44.9 Å². The van der Waals surface area contributed by atoms with Crippen LogP contribution in [0.5, 0.6) is 0 Å². The van der Waals surface area contributed by atoms with Crippen molar-refractivity contribution in [3.05, 3.63) is 0 Å². The summed E-state index contributed by atoms with van der Waals surface area (Å²) in [6.07, 6.45) is 9.24. The Morgan fingerprint density at radius 1 is 0.722 bits per heavy atom. The Kier molecular flexibility index (Phi) is 18.9. The molecule has 0 aromatic carbocycles. The minimum Gasteiger partial charge on any atom is -0.391 e. The van der Waals surface area contributed by atoms with Crippen LogP contribution in [0.3, 0.4) is 0 Å². The minimum absolute atomic E-state index is 0.0325. The molecule has 0 rings (SSSR count). The largest absolute Gasteiger partial charge is 0.495 e. The van der Waals surface area contributed by atoms with Gasteiger partial charge in [0.1, 0.15) is 19.6 Å². The maximum Gasteiger partial charge on any atom is 0.495 e. The Labute approximate surface area is 221 Å². The highest BCUT2D eigenvalue weighted by Gasteiger charge is 2.35. The molecule has 1 unspecified atom stereocenters. The highest BCUT2D eigenvalue weighted by atomic mass is 32.2. The molecule has 0 saturated carbocycles. The SMILES string of the molecule is CCCCCC[N+](C)(CCCCC)CCC[Si](O)(O)OCC[N+](CCO)(CCO)CCCS(=O)(=O)O. The first-order valence-corrected chi connectivity index (χ1v) is 17.4. The third-order valence-corrected chi connectivity index (χ3v) is 9.61. The zero-order valence-corrected chi connectivity index (χ0v) is 24.9. The number of unbranched alkanes of at least 4 members (excludes halogenated alkanes) is 5. The van der Waals surface area contributed by atoms with Gasteiger partial charge in [-0.15, -0.1) is 0 Å². The summed E-state index contributed by atoms with van der Waals surface area (Å²) in [6.45, 7) is 8.32. The maximum atomic E-state index is 11.1. The van der Waals surface area contributed by atoms with E-state index in [1.807, 2.05) is 0 Å². The van der Waals surface area contributed by atoms with Crippen LogP contribution in [0.2, 0.25) is 6.04 Å². The highest BCUT2D eigenvalue weighted by molar-refractivity contribution is 7.85. The van der Waals surface area contributed by atoms with Gasteiger partial charge in [-0.3, -0.25) is 4.55 Å². The molecule has 0 bridgehead atoms. The second-order valence-electron chi connectivity index (χ2n) is 10.6. The summed E-state index contributed by atoms with van der Waals surface area (Å²) in [7, 11) is -5.71. The van der Waals surface area contributed by atoms with Gasteiger partial charge in [-0.1, -0.05) is 33.1 Å². The molecule has 5 N–H and O–H groups in total. The first kappa shape index (κ1) is 35.8. The maximum absolute atomic E-state index is 11.1. The van der Waals surface area contributed by atoms with Crippen molar-refractivity contribution in [2.75, 3.05) is 78.4 Å². The summed E-state index contributed by atoms with van der Waals surface area (Å²) >= 11 is 0. The smallest absolute Gasteiger partial charge is 0.391 e. The topological polar surface area (TPSA) is 145 Å². The quantitative estimate of drug-likeness (QED) is 0.0490. The van der Waals surface area contributed by atoms with Gasteiger partial charge in [0.25, 0.3) is 10.1 Å². The van der Waals surface area contributed by atoms with E-state index in [4.69, 9.17) is 8.98 Å². The van der Waals surface area contributed by atoms with Gasteiger partial charge >= 0.3 is 8.80 Å².